The zero-order valence-corrected chi connectivity index (χ0v) is 10.5. The average molecular weight is 219 g/mol. The standard InChI is InChI=1S/C12H15NO.C2H6/c1-10-4-2-5-11(8-10)9-13-7-3-6-12(13)14;1-2/h2,4-5,8H,3,6-7,9H2,1H3;1-2H3. The second kappa shape index (κ2) is 6.31. The van der Waals surface area contributed by atoms with Gasteiger partial charge in [-0.15, -0.1) is 0 Å². The highest BCUT2D eigenvalue weighted by Gasteiger charge is 2.19. The van der Waals surface area contributed by atoms with Crippen molar-refractivity contribution in [3.05, 3.63) is 35.4 Å². The second-order valence-corrected chi connectivity index (χ2v) is 3.91. The summed E-state index contributed by atoms with van der Waals surface area (Å²) in [5, 5.41) is 0. The van der Waals surface area contributed by atoms with Crippen LogP contribution in [0.4, 0.5) is 0 Å². The van der Waals surface area contributed by atoms with Crippen molar-refractivity contribution >= 4 is 5.91 Å². The second-order valence-electron chi connectivity index (χ2n) is 3.91. The zero-order valence-electron chi connectivity index (χ0n) is 10.5. The highest BCUT2D eigenvalue weighted by molar-refractivity contribution is 5.78. The van der Waals surface area contributed by atoms with E-state index in [4.69, 9.17) is 0 Å². The summed E-state index contributed by atoms with van der Waals surface area (Å²) in [7, 11) is 0. The van der Waals surface area contributed by atoms with Gasteiger partial charge in [0.15, 0.2) is 0 Å². The van der Waals surface area contributed by atoms with Crippen molar-refractivity contribution < 1.29 is 4.79 Å². The van der Waals surface area contributed by atoms with E-state index < -0.39 is 0 Å². The summed E-state index contributed by atoms with van der Waals surface area (Å²) in [5.74, 6) is 0.298. The number of carbonyl (C=O) groups is 1. The molecule has 0 N–H and O–H groups in total. The summed E-state index contributed by atoms with van der Waals surface area (Å²) in [6.07, 6.45) is 1.75. The Balaban J connectivity index is 0.000000606. The van der Waals surface area contributed by atoms with Crippen LogP contribution in [0, 0.1) is 6.92 Å². The number of aryl methyl sites for hydroxylation is 1. The van der Waals surface area contributed by atoms with Crippen LogP contribution in [0.15, 0.2) is 24.3 Å². The third-order valence-corrected chi connectivity index (χ3v) is 2.63. The Bertz CT molecular complexity index is 346. The Labute approximate surface area is 98.3 Å². The molecule has 1 aliphatic rings. The molecule has 0 unspecified atom stereocenters. The van der Waals surface area contributed by atoms with Crippen molar-refractivity contribution in [3.8, 4) is 0 Å². The highest BCUT2D eigenvalue weighted by Crippen LogP contribution is 2.14. The lowest BCUT2D eigenvalue weighted by molar-refractivity contribution is -0.128. The molecule has 2 rings (SSSR count). The third kappa shape index (κ3) is 3.37. The highest BCUT2D eigenvalue weighted by atomic mass is 16.2. The van der Waals surface area contributed by atoms with Gasteiger partial charge in [-0.25, -0.2) is 0 Å². The minimum atomic E-state index is 0.298. The minimum absolute atomic E-state index is 0.298. The van der Waals surface area contributed by atoms with E-state index in [0.29, 0.717) is 5.91 Å². The van der Waals surface area contributed by atoms with Crippen molar-refractivity contribution in [2.75, 3.05) is 6.54 Å². The fraction of sp³-hybridized carbons (Fsp3) is 0.500. The summed E-state index contributed by atoms with van der Waals surface area (Å²) in [5.41, 5.74) is 2.49. The molecule has 2 nitrogen and oxygen atoms in total. The van der Waals surface area contributed by atoms with Crippen molar-refractivity contribution in [1.82, 2.24) is 4.90 Å². The predicted octanol–water partition coefficient (Wildman–Crippen LogP) is 3.14. The summed E-state index contributed by atoms with van der Waals surface area (Å²) in [4.78, 5) is 13.3. The lowest BCUT2D eigenvalue weighted by Gasteiger charge is -2.15. The maximum atomic E-state index is 11.4. The first-order valence-corrected chi connectivity index (χ1v) is 6.09. The van der Waals surface area contributed by atoms with E-state index in [9.17, 15) is 4.79 Å². The van der Waals surface area contributed by atoms with Crippen LogP contribution in [0.2, 0.25) is 0 Å². The number of likely N-dealkylation sites (tertiary alicyclic amines) is 1. The molecular formula is C14H21NO. The number of rotatable bonds is 2. The van der Waals surface area contributed by atoms with Gasteiger partial charge in [-0.05, 0) is 18.9 Å². The molecule has 0 aromatic heterocycles. The summed E-state index contributed by atoms with van der Waals surface area (Å²) < 4.78 is 0. The molecule has 1 fully saturated rings. The smallest absolute Gasteiger partial charge is 0.222 e. The molecule has 1 aliphatic heterocycles. The van der Waals surface area contributed by atoms with E-state index in [-0.39, 0.29) is 0 Å². The molecule has 1 aromatic carbocycles. The van der Waals surface area contributed by atoms with Crippen LogP contribution in [0.25, 0.3) is 0 Å². The van der Waals surface area contributed by atoms with E-state index in [1.807, 2.05) is 24.8 Å². The van der Waals surface area contributed by atoms with Gasteiger partial charge in [0.05, 0.1) is 0 Å². The molecule has 2 heteroatoms. The van der Waals surface area contributed by atoms with E-state index in [1.165, 1.54) is 11.1 Å². The first kappa shape index (κ1) is 12.8. The largest absolute Gasteiger partial charge is 0.338 e. The molecule has 0 saturated carbocycles. The van der Waals surface area contributed by atoms with Gasteiger partial charge in [0, 0.05) is 19.5 Å². The van der Waals surface area contributed by atoms with Gasteiger partial charge in [0.1, 0.15) is 0 Å². The summed E-state index contributed by atoms with van der Waals surface area (Å²) >= 11 is 0. The average Bonchev–Trinajstić information content (AvgIpc) is 2.68. The summed E-state index contributed by atoms with van der Waals surface area (Å²) in [6.45, 7) is 7.78. The maximum Gasteiger partial charge on any atom is 0.222 e. The minimum Gasteiger partial charge on any atom is -0.338 e. The Morgan fingerprint density at radius 3 is 2.62 bits per heavy atom. The molecule has 0 spiro atoms. The molecule has 1 saturated heterocycles. The number of hydrogen-bond acceptors (Lipinski definition) is 1. The fourth-order valence-electron chi connectivity index (χ4n) is 1.90. The predicted molar refractivity (Wildman–Crippen MR) is 67.2 cm³/mol. The molecule has 0 atom stereocenters. The molecule has 88 valence electrons. The Morgan fingerprint density at radius 1 is 1.31 bits per heavy atom. The Kier molecular flexibility index (Phi) is 5.03. The van der Waals surface area contributed by atoms with Crippen LogP contribution in [0.3, 0.4) is 0 Å². The van der Waals surface area contributed by atoms with Crippen molar-refractivity contribution in [1.29, 1.82) is 0 Å². The molecule has 0 bridgehead atoms. The van der Waals surface area contributed by atoms with Crippen LogP contribution >= 0.6 is 0 Å². The number of amides is 1. The Hall–Kier alpha value is -1.31. The third-order valence-electron chi connectivity index (χ3n) is 2.63. The maximum absolute atomic E-state index is 11.4. The topological polar surface area (TPSA) is 20.3 Å². The van der Waals surface area contributed by atoms with Crippen molar-refractivity contribution in [3.63, 3.8) is 0 Å². The van der Waals surface area contributed by atoms with E-state index in [2.05, 4.69) is 25.1 Å². The van der Waals surface area contributed by atoms with Crippen molar-refractivity contribution in [2.24, 2.45) is 0 Å². The summed E-state index contributed by atoms with van der Waals surface area (Å²) in [6, 6.07) is 8.35. The van der Waals surface area contributed by atoms with Crippen LogP contribution in [-0.2, 0) is 11.3 Å². The van der Waals surface area contributed by atoms with Gasteiger partial charge in [-0.2, -0.15) is 0 Å². The van der Waals surface area contributed by atoms with E-state index in [0.717, 1.165) is 25.9 Å². The van der Waals surface area contributed by atoms with E-state index in [1.54, 1.807) is 0 Å². The van der Waals surface area contributed by atoms with Gasteiger partial charge in [-0.1, -0.05) is 43.7 Å². The van der Waals surface area contributed by atoms with Crippen LogP contribution in [-0.4, -0.2) is 17.4 Å². The molecular weight excluding hydrogens is 198 g/mol. The van der Waals surface area contributed by atoms with Gasteiger partial charge in [0.2, 0.25) is 5.91 Å². The Morgan fingerprint density at radius 2 is 2.06 bits per heavy atom. The molecule has 16 heavy (non-hydrogen) atoms. The molecule has 1 amide bonds. The fourth-order valence-corrected chi connectivity index (χ4v) is 1.90. The van der Waals surface area contributed by atoms with Crippen LogP contribution in [0.1, 0.15) is 37.8 Å². The van der Waals surface area contributed by atoms with Crippen LogP contribution < -0.4 is 0 Å². The monoisotopic (exact) mass is 219 g/mol. The van der Waals surface area contributed by atoms with Crippen molar-refractivity contribution in [2.45, 2.75) is 40.2 Å². The van der Waals surface area contributed by atoms with E-state index >= 15 is 0 Å². The van der Waals surface area contributed by atoms with Gasteiger partial charge in [0.25, 0.3) is 0 Å². The first-order chi connectivity index (χ1) is 7.75. The quantitative estimate of drug-likeness (QED) is 0.748. The lowest BCUT2D eigenvalue weighted by atomic mass is 10.1. The number of nitrogens with zero attached hydrogens (tertiary/aromatic N) is 1. The number of benzene rings is 1. The normalized spacial score (nSPS) is 14.7. The van der Waals surface area contributed by atoms with Gasteiger partial charge < -0.3 is 4.90 Å². The molecule has 1 aromatic rings. The van der Waals surface area contributed by atoms with Gasteiger partial charge in [-0.3, -0.25) is 4.79 Å². The van der Waals surface area contributed by atoms with Gasteiger partial charge >= 0.3 is 0 Å². The SMILES string of the molecule is CC.Cc1cccc(CN2CCCC2=O)c1. The van der Waals surface area contributed by atoms with Crippen LogP contribution in [0.5, 0.6) is 0 Å². The lowest BCUT2D eigenvalue weighted by Crippen LogP contribution is -2.23. The first-order valence-electron chi connectivity index (χ1n) is 6.09. The zero-order chi connectivity index (χ0) is 12.0. The molecule has 0 aliphatic carbocycles. The molecule has 1 heterocycles. The number of hydrogen-bond donors (Lipinski definition) is 0. The number of carbonyl (C=O) groups excluding carboxylic acids is 1. The molecule has 0 radical (unpaired) electrons.